The van der Waals surface area contributed by atoms with Gasteiger partial charge in [0.25, 0.3) is 0 Å². The number of alkyl halides is 3. The average molecular weight is 493 g/mol. The van der Waals surface area contributed by atoms with E-state index in [1.54, 1.807) is 22.6 Å². The Labute approximate surface area is 171 Å². The van der Waals surface area contributed by atoms with Crippen molar-refractivity contribution < 1.29 is 22.7 Å². The molecule has 0 saturated carbocycles. The summed E-state index contributed by atoms with van der Waals surface area (Å²) in [5, 5.41) is 0. The lowest BCUT2D eigenvalue weighted by Gasteiger charge is -2.43. The van der Waals surface area contributed by atoms with Crippen LogP contribution in [0.5, 0.6) is 0 Å². The first kappa shape index (κ1) is 20.6. The highest BCUT2D eigenvalue weighted by Gasteiger charge is 2.51. The number of carbonyl (C=O) groups excluding carboxylic acids is 1. The Morgan fingerprint density at radius 1 is 1.30 bits per heavy atom. The molecule has 7 heteroatoms. The van der Waals surface area contributed by atoms with Gasteiger partial charge in [0.05, 0.1) is 13.0 Å². The molecule has 2 heterocycles. The Morgan fingerprint density at radius 2 is 1.96 bits per heavy atom. The number of hydrogen-bond donors (Lipinski definition) is 0. The van der Waals surface area contributed by atoms with Crippen LogP contribution in [0.15, 0.2) is 33.9 Å². The van der Waals surface area contributed by atoms with Crippen LogP contribution in [0.4, 0.5) is 13.2 Å². The first-order valence-electron chi connectivity index (χ1n) is 9.03. The molecule has 0 aromatic heterocycles. The summed E-state index contributed by atoms with van der Waals surface area (Å²) < 4.78 is 43.3. The van der Waals surface area contributed by atoms with Crippen LogP contribution in [0, 0.1) is 12.8 Å². The quantitative estimate of drug-likeness (QED) is 0.438. The van der Waals surface area contributed by atoms with Gasteiger partial charge in [0, 0.05) is 34.2 Å². The normalized spacial score (nSPS) is 29.0. The van der Waals surface area contributed by atoms with Crippen LogP contribution in [0.3, 0.4) is 0 Å². The van der Waals surface area contributed by atoms with Crippen LogP contribution in [0.25, 0.3) is 0 Å². The number of nitrogens with zero attached hydrogens (tertiary/aromatic N) is 1. The number of halogens is 4. The number of piperidine rings is 1. The highest BCUT2D eigenvalue weighted by molar-refractivity contribution is 14.1. The summed E-state index contributed by atoms with van der Waals surface area (Å²) >= 11 is 1.75. The maximum absolute atomic E-state index is 12.7. The fourth-order valence-electron chi connectivity index (χ4n) is 4.57. The molecule has 0 aliphatic carbocycles. The van der Waals surface area contributed by atoms with Crippen molar-refractivity contribution in [1.29, 1.82) is 0 Å². The molecule has 0 N–H and O–H groups in total. The topological polar surface area (TPSA) is 29.5 Å². The third kappa shape index (κ3) is 4.67. The number of aryl methyl sites for hydroxylation is 1. The van der Waals surface area contributed by atoms with Crippen molar-refractivity contribution in [3.8, 4) is 0 Å². The van der Waals surface area contributed by atoms with Gasteiger partial charge >= 0.3 is 12.1 Å². The molecule has 3 nitrogen and oxygen atoms in total. The lowest BCUT2D eigenvalue weighted by atomic mass is 9.76. The largest absolute Gasteiger partial charge is 0.469 e. The molecule has 1 aromatic carbocycles. The third-order valence-corrected chi connectivity index (χ3v) is 6.35. The first-order valence-corrected chi connectivity index (χ1v) is 10.1. The van der Waals surface area contributed by atoms with Gasteiger partial charge in [-0.3, -0.25) is 9.69 Å². The van der Waals surface area contributed by atoms with Crippen LogP contribution in [-0.4, -0.2) is 42.8 Å². The maximum atomic E-state index is 12.7. The van der Waals surface area contributed by atoms with Crippen LogP contribution in [-0.2, 0) is 9.53 Å². The lowest BCUT2D eigenvalue weighted by Crippen LogP contribution is -2.51. The first-order chi connectivity index (χ1) is 12.7. The molecule has 0 spiro atoms. The summed E-state index contributed by atoms with van der Waals surface area (Å²) in [6.07, 6.45) is -1.50. The third-order valence-electron chi connectivity index (χ3n) is 5.70. The summed E-state index contributed by atoms with van der Waals surface area (Å²) in [5.41, 5.74) is 2.26. The highest BCUT2D eigenvalue weighted by Crippen LogP contribution is 2.48. The van der Waals surface area contributed by atoms with Gasteiger partial charge in [-0.1, -0.05) is 29.8 Å². The summed E-state index contributed by atoms with van der Waals surface area (Å²) in [6, 6.07) is 8.28. The molecule has 0 unspecified atom stereocenters. The van der Waals surface area contributed by atoms with E-state index in [0.29, 0.717) is 6.08 Å². The molecular weight excluding hydrogens is 470 g/mol. The van der Waals surface area contributed by atoms with E-state index in [1.807, 2.05) is 19.1 Å². The van der Waals surface area contributed by atoms with Gasteiger partial charge in [-0.25, -0.2) is 0 Å². The highest BCUT2D eigenvalue weighted by atomic mass is 127. The fraction of sp³-hybridized carbons (Fsp3) is 0.550. The number of ether oxygens (including phenoxy) is 1. The van der Waals surface area contributed by atoms with Crippen LogP contribution < -0.4 is 0 Å². The second-order valence-electron chi connectivity index (χ2n) is 7.41. The van der Waals surface area contributed by atoms with Gasteiger partial charge in [-0.2, -0.15) is 13.2 Å². The van der Waals surface area contributed by atoms with Gasteiger partial charge in [0.15, 0.2) is 0 Å². The van der Waals surface area contributed by atoms with Crippen molar-refractivity contribution in [1.82, 2.24) is 4.90 Å². The van der Waals surface area contributed by atoms with Gasteiger partial charge in [0.1, 0.15) is 0 Å². The van der Waals surface area contributed by atoms with Crippen molar-refractivity contribution in [3.05, 3.63) is 45.0 Å². The molecule has 2 saturated heterocycles. The summed E-state index contributed by atoms with van der Waals surface area (Å²) in [5.74, 6) is -0.590. The second kappa shape index (κ2) is 8.11. The average Bonchev–Trinajstić information content (AvgIpc) is 2.84. The van der Waals surface area contributed by atoms with Crippen molar-refractivity contribution >= 4 is 28.6 Å². The standard InChI is InChI=1S/C20H23F3INO2/c1-12-3-5-13(6-4-12)16-9-15-7-8-17(18(16)19(26)27-2)25(15)11-14(24)10-20(21,22)23/h3-6,10,15-18H,7-9,11H2,1-2H3/b14-10-/t15-,16+,17+,18-/m0/s1. The summed E-state index contributed by atoms with van der Waals surface area (Å²) in [4.78, 5) is 14.7. The fourth-order valence-corrected chi connectivity index (χ4v) is 5.32. The molecule has 3 rings (SSSR count). The second-order valence-corrected chi connectivity index (χ2v) is 8.79. The van der Waals surface area contributed by atoms with Gasteiger partial charge < -0.3 is 4.74 Å². The Kier molecular flexibility index (Phi) is 6.20. The zero-order valence-corrected chi connectivity index (χ0v) is 17.5. The molecule has 1 aromatic rings. The molecule has 0 amide bonds. The summed E-state index contributed by atoms with van der Waals surface area (Å²) in [6.45, 7) is 2.24. The van der Waals surface area contributed by atoms with Crippen molar-refractivity contribution in [2.75, 3.05) is 13.7 Å². The molecule has 148 valence electrons. The predicted octanol–water partition coefficient (Wildman–Crippen LogP) is 4.99. The Morgan fingerprint density at radius 3 is 2.56 bits per heavy atom. The Hall–Kier alpha value is -1.09. The Balaban J connectivity index is 1.88. The zero-order chi connectivity index (χ0) is 19.8. The molecule has 2 bridgehead atoms. The molecule has 2 fully saturated rings. The predicted molar refractivity (Wildman–Crippen MR) is 106 cm³/mol. The van der Waals surface area contributed by atoms with Gasteiger partial charge in [0.2, 0.25) is 0 Å². The Bertz CT molecular complexity index is 717. The van der Waals surface area contributed by atoms with Crippen LogP contribution in [0.1, 0.15) is 36.3 Å². The SMILES string of the molecule is COC(=O)[C@H]1[C@@H](c2ccc(C)cc2)C[C@@H]2CC[C@H]1N2C/C(I)=C/C(F)(F)F. The number of esters is 1. The number of allylic oxidation sites excluding steroid dienone is 1. The number of methoxy groups -OCH3 is 1. The number of benzene rings is 1. The molecule has 27 heavy (non-hydrogen) atoms. The number of fused-ring (bicyclic) bond motifs is 2. The van der Waals surface area contributed by atoms with E-state index in [4.69, 9.17) is 4.74 Å². The molecule has 2 aliphatic rings. The monoisotopic (exact) mass is 493 g/mol. The number of rotatable bonds is 4. The minimum absolute atomic E-state index is 0.0380. The molecular formula is C20H23F3INO2. The van der Waals surface area contributed by atoms with Crippen molar-refractivity contribution in [2.45, 2.75) is 50.4 Å². The van der Waals surface area contributed by atoms with E-state index < -0.39 is 6.18 Å². The lowest BCUT2D eigenvalue weighted by molar-refractivity contribution is -0.150. The van der Waals surface area contributed by atoms with E-state index >= 15 is 0 Å². The van der Waals surface area contributed by atoms with E-state index in [-0.39, 0.29) is 40.0 Å². The van der Waals surface area contributed by atoms with E-state index in [2.05, 4.69) is 17.0 Å². The van der Waals surface area contributed by atoms with Gasteiger partial charge in [-0.05, 0) is 54.3 Å². The van der Waals surface area contributed by atoms with Crippen LogP contribution >= 0.6 is 22.6 Å². The smallest absolute Gasteiger partial charge is 0.410 e. The van der Waals surface area contributed by atoms with Crippen molar-refractivity contribution in [2.24, 2.45) is 5.92 Å². The number of hydrogen-bond acceptors (Lipinski definition) is 3. The molecule has 0 radical (unpaired) electrons. The van der Waals surface area contributed by atoms with E-state index in [1.165, 1.54) is 7.11 Å². The maximum Gasteiger partial charge on any atom is 0.410 e. The van der Waals surface area contributed by atoms with Gasteiger partial charge in [-0.15, -0.1) is 0 Å². The molecule has 2 aliphatic heterocycles. The van der Waals surface area contributed by atoms with E-state index in [0.717, 1.165) is 30.4 Å². The summed E-state index contributed by atoms with van der Waals surface area (Å²) in [7, 11) is 1.38. The minimum atomic E-state index is -4.32. The van der Waals surface area contributed by atoms with Crippen LogP contribution in [0.2, 0.25) is 0 Å². The molecule has 4 atom stereocenters. The van der Waals surface area contributed by atoms with E-state index in [9.17, 15) is 18.0 Å². The van der Waals surface area contributed by atoms with Crippen molar-refractivity contribution in [3.63, 3.8) is 0 Å². The minimum Gasteiger partial charge on any atom is -0.469 e. The zero-order valence-electron chi connectivity index (χ0n) is 15.3. The number of carbonyl (C=O) groups is 1.